The number of carbonyl (C=O) groups excluding carboxylic acids is 1. The van der Waals surface area contributed by atoms with Crippen LogP contribution in [0.25, 0.3) is 21.3 Å². The lowest BCUT2D eigenvalue weighted by Crippen LogP contribution is -2.23. The third-order valence-corrected chi connectivity index (χ3v) is 7.49. The summed E-state index contributed by atoms with van der Waals surface area (Å²) in [5.74, 6) is -0.0110. The van der Waals surface area contributed by atoms with Crippen LogP contribution in [-0.4, -0.2) is 21.1 Å². The number of thiophene rings is 1. The first-order valence-electron chi connectivity index (χ1n) is 9.70. The van der Waals surface area contributed by atoms with Crippen molar-refractivity contribution in [3.05, 3.63) is 92.0 Å². The first-order valence-corrected chi connectivity index (χ1v) is 12.3. The van der Waals surface area contributed by atoms with E-state index in [9.17, 15) is 9.59 Å². The maximum absolute atomic E-state index is 13.4. The van der Waals surface area contributed by atoms with Crippen LogP contribution in [0.3, 0.4) is 0 Å². The molecule has 0 unspecified atom stereocenters. The van der Waals surface area contributed by atoms with E-state index in [-0.39, 0.29) is 17.1 Å². The molecule has 0 saturated carbocycles. The molecule has 4 aromatic rings. The highest BCUT2D eigenvalue weighted by atomic mass is 35.5. The van der Waals surface area contributed by atoms with Gasteiger partial charge < -0.3 is 0 Å². The molecule has 8 heteroatoms. The van der Waals surface area contributed by atoms with E-state index in [1.807, 2.05) is 36.6 Å². The van der Waals surface area contributed by atoms with Gasteiger partial charge in [-0.3, -0.25) is 14.2 Å². The van der Waals surface area contributed by atoms with Gasteiger partial charge in [0, 0.05) is 23.1 Å². The SMILES string of the molecule is C=CCn1c(SCC(=O)c2ccc(Cl)c(Cl)c2)nc2scc(-c3ccc(C)cc3)c2c1=O. The van der Waals surface area contributed by atoms with E-state index in [1.54, 1.807) is 28.8 Å². The molecular weight excluding hydrogens is 483 g/mol. The van der Waals surface area contributed by atoms with Gasteiger partial charge in [-0.2, -0.15) is 0 Å². The molecule has 162 valence electrons. The van der Waals surface area contributed by atoms with Crippen LogP contribution in [-0.2, 0) is 6.54 Å². The number of aryl methyl sites for hydroxylation is 1. The van der Waals surface area contributed by atoms with Crippen LogP contribution in [0.1, 0.15) is 15.9 Å². The number of rotatable bonds is 7. The Morgan fingerprint density at radius 1 is 1.19 bits per heavy atom. The van der Waals surface area contributed by atoms with Crippen LogP contribution in [0, 0.1) is 6.92 Å². The number of Topliss-reactive ketones (excluding diaryl/α,β-unsaturated/α-hetero) is 1. The number of aromatic nitrogens is 2. The number of nitrogens with zero attached hydrogens (tertiary/aromatic N) is 2. The summed E-state index contributed by atoms with van der Waals surface area (Å²) in [6.07, 6.45) is 1.65. The smallest absolute Gasteiger partial charge is 0.263 e. The summed E-state index contributed by atoms with van der Waals surface area (Å²) < 4.78 is 1.56. The molecule has 0 aliphatic heterocycles. The summed E-state index contributed by atoms with van der Waals surface area (Å²) in [7, 11) is 0. The lowest BCUT2D eigenvalue weighted by atomic mass is 10.1. The van der Waals surface area contributed by atoms with Gasteiger partial charge in [0.2, 0.25) is 0 Å². The third-order valence-electron chi connectivity index (χ3n) is 4.91. The molecule has 2 heterocycles. The van der Waals surface area contributed by atoms with Crippen molar-refractivity contribution in [1.29, 1.82) is 0 Å². The van der Waals surface area contributed by atoms with Gasteiger partial charge in [-0.25, -0.2) is 4.98 Å². The molecule has 0 spiro atoms. The first-order chi connectivity index (χ1) is 15.4. The molecule has 0 aliphatic rings. The zero-order valence-electron chi connectivity index (χ0n) is 17.1. The van der Waals surface area contributed by atoms with Gasteiger partial charge in [0.15, 0.2) is 10.9 Å². The maximum Gasteiger partial charge on any atom is 0.263 e. The van der Waals surface area contributed by atoms with Crippen LogP contribution in [0.15, 0.2) is 70.5 Å². The molecule has 0 fully saturated rings. The van der Waals surface area contributed by atoms with E-state index < -0.39 is 0 Å². The van der Waals surface area contributed by atoms with E-state index in [2.05, 4.69) is 6.58 Å². The molecule has 0 amide bonds. The van der Waals surface area contributed by atoms with Crippen molar-refractivity contribution < 1.29 is 4.79 Å². The van der Waals surface area contributed by atoms with E-state index in [4.69, 9.17) is 28.2 Å². The fourth-order valence-electron chi connectivity index (χ4n) is 3.23. The number of hydrogen-bond acceptors (Lipinski definition) is 5. The average molecular weight is 501 g/mol. The highest BCUT2D eigenvalue weighted by Crippen LogP contribution is 2.32. The zero-order chi connectivity index (χ0) is 22.8. The number of benzene rings is 2. The van der Waals surface area contributed by atoms with Crippen molar-refractivity contribution in [2.24, 2.45) is 0 Å². The van der Waals surface area contributed by atoms with Crippen molar-refractivity contribution in [2.75, 3.05) is 5.75 Å². The van der Waals surface area contributed by atoms with Gasteiger partial charge in [-0.15, -0.1) is 17.9 Å². The minimum absolute atomic E-state index is 0.114. The predicted molar refractivity (Wildman–Crippen MR) is 136 cm³/mol. The van der Waals surface area contributed by atoms with Gasteiger partial charge in [0.1, 0.15) is 4.83 Å². The summed E-state index contributed by atoms with van der Waals surface area (Å²) in [6, 6.07) is 12.8. The van der Waals surface area contributed by atoms with E-state index >= 15 is 0 Å². The molecular formula is C24H18Cl2N2O2S2. The van der Waals surface area contributed by atoms with Crippen molar-refractivity contribution in [3.8, 4) is 11.1 Å². The zero-order valence-corrected chi connectivity index (χ0v) is 20.2. The second kappa shape index (κ2) is 9.63. The van der Waals surface area contributed by atoms with E-state index in [0.29, 0.717) is 37.5 Å². The van der Waals surface area contributed by atoms with Gasteiger partial charge in [-0.1, -0.05) is 70.9 Å². The summed E-state index contributed by atoms with van der Waals surface area (Å²) in [5.41, 5.74) is 3.31. The Morgan fingerprint density at radius 3 is 2.62 bits per heavy atom. The Labute approximate surface area is 203 Å². The van der Waals surface area contributed by atoms with Crippen molar-refractivity contribution in [2.45, 2.75) is 18.6 Å². The average Bonchev–Trinajstić information content (AvgIpc) is 3.21. The Bertz CT molecular complexity index is 1390. The molecule has 32 heavy (non-hydrogen) atoms. The molecule has 2 aromatic heterocycles. The van der Waals surface area contributed by atoms with Crippen molar-refractivity contribution in [3.63, 3.8) is 0 Å². The Balaban J connectivity index is 1.70. The summed E-state index contributed by atoms with van der Waals surface area (Å²) in [6.45, 7) is 6.09. The molecule has 0 aliphatic carbocycles. The molecule has 0 N–H and O–H groups in total. The topological polar surface area (TPSA) is 52.0 Å². The number of fused-ring (bicyclic) bond motifs is 1. The Morgan fingerprint density at radius 2 is 1.94 bits per heavy atom. The van der Waals surface area contributed by atoms with Crippen LogP contribution in [0.2, 0.25) is 10.0 Å². The van der Waals surface area contributed by atoms with E-state index in [0.717, 1.165) is 16.7 Å². The second-order valence-corrected chi connectivity index (χ2v) is 9.75. The van der Waals surface area contributed by atoms with Gasteiger partial charge in [0.05, 0.1) is 21.2 Å². The number of hydrogen-bond donors (Lipinski definition) is 0. The predicted octanol–water partition coefficient (Wildman–Crippen LogP) is 6.90. The van der Waals surface area contributed by atoms with Gasteiger partial charge >= 0.3 is 0 Å². The van der Waals surface area contributed by atoms with Crippen molar-refractivity contribution >= 4 is 62.3 Å². The number of allylic oxidation sites excluding steroid dienone is 1. The largest absolute Gasteiger partial charge is 0.293 e. The van der Waals surface area contributed by atoms with Gasteiger partial charge in [-0.05, 0) is 30.7 Å². The minimum atomic E-state index is -0.142. The second-order valence-electron chi connectivity index (χ2n) is 7.14. The quantitative estimate of drug-likeness (QED) is 0.120. The molecule has 2 aromatic carbocycles. The first kappa shape index (κ1) is 22.8. The number of thioether (sulfide) groups is 1. The maximum atomic E-state index is 13.4. The lowest BCUT2D eigenvalue weighted by Gasteiger charge is -2.11. The molecule has 0 radical (unpaired) electrons. The highest BCUT2D eigenvalue weighted by Gasteiger charge is 2.18. The summed E-state index contributed by atoms with van der Waals surface area (Å²) in [5, 5.41) is 3.74. The fourth-order valence-corrected chi connectivity index (χ4v) is 5.42. The van der Waals surface area contributed by atoms with E-state index in [1.165, 1.54) is 23.1 Å². The monoisotopic (exact) mass is 500 g/mol. The van der Waals surface area contributed by atoms with Crippen LogP contribution >= 0.6 is 46.3 Å². The van der Waals surface area contributed by atoms with Crippen molar-refractivity contribution in [1.82, 2.24) is 9.55 Å². The van der Waals surface area contributed by atoms with Crippen LogP contribution in [0.5, 0.6) is 0 Å². The number of halogens is 2. The number of carbonyl (C=O) groups is 1. The molecule has 0 atom stereocenters. The Hall–Kier alpha value is -2.38. The normalized spacial score (nSPS) is 11.1. The van der Waals surface area contributed by atoms with Crippen LogP contribution in [0.4, 0.5) is 0 Å². The Kier molecular flexibility index (Phi) is 6.86. The molecule has 0 bridgehead atoms. The summed E-state index contributed by atoms with van der Waals surface area (Å²) >= 11 is 14.6. The molecule has 0 saturated heterocycles. The van der Waals surface area contributed by atoms with Crippen LogP contribution < -0.4 is 5.56 Å². The lowest BCUT2D eigenvalue weighted by molar-refractivity contribution is 0.102. The minimum Gasteiger partial charge on any atom is -0.293 e. The number of ketones is 1. The standard InChI is InChI=1S/C24H18Cl2N2O2S2/c1-3-10-28-23(30)21-17(15-6-4-14(2)5-7-15)12-31-22(21)27-24(28)32-13-20(29)16-8-9-18(25)19(26)11-16/h3-9,11-12H,1,10,13H2,2H3. The van der Waals surface area contributed by atoms with Gasteiger partial charge in [0.25, 0.3) is 5.56 Å². The molecule has 4 rings (SSSR count). The highest BCUT2D eigenvalue weighted by molar-refractivity contribution is 7.99. The third kappa shape index (κ3) is 4.55. The fraction of sp³-hybridized carbons (Fsp3) is 0.125. The molecule has 4 nitrogen and oxygen atoms in total. The summed E-state index contributed by atoms with van der Waals surface area (Å²) in [4.78, 5) is 31.4.